The molecule has 0 saturated carbocycles. The Morgan fingerprint density at radius 1 is 1.00 bits per heavy atom. The average Bonchev–Trinajstić information content (AvgIpc) is 3.20. The van der Waals surface area contributed by atoms with E-state index in [0.29, 0.717) is 24.3 Å². The molecular weight excluding hydrogens is 372 g/mol. The second-order valence-electron chi connectivity index (χ2n) is 6.31. The van der Waals surface area contributed by atoms with E-state index in [2.05, 4.69) is 5.32 Å². The zero-order valence-corrected chi connectivity index (χ0v) is 16.7. The zero-order valence-electron chi connectivity index (χ0n) is 15.8. The van der Waals surface area contributed by atoms with Gasteiger partial charge in [-0.1, -0.05) is 24.3 Å². The van der Waals surface area contributed by atoms with Crippen LogP contribution in [0.25, 0.3) is 0 Å². The number of nitrogens with zero attached hydrogens (tertiary/aromatic N) is 1. The first-order valence-corrected chi connectivity index (χ1v) is 9.76. The van der Waals surface area contributed by atoms with Gasteiger partial charge in [-0.2, -0.15) is 0 Å². The van der Waals surface area contributed by atoms with Gasteiger partial charge in [0.25, 0.3) is 5.91 Å². The van der Waals surface area contributed by atoms with Crippen LogP contribution in [-0.2, 0) is 17.9 Å². The lowest BCUT2D eigenvalue weighted by molar-refractivity contribution is -0.114. The van der Waals surface area contributed by atoms with Crippen LogP contribution >= 0.6 is 11.3 Å². The number of para-hydroxylation sites is 1. The Balaban J connectivity index is 1.85. The third-order valence-corrected chi connectivity index (χ3v) is 5.08. The van der Waals surface area contributed by atoms with Gasteiger partial charge in [-0.25, -0.2) is 0 Å². The monoisotopic (exact) mass is 394 g/mol. The molecule has 0 saturated heterocycles. The van der Waals surface area contributed by atoms with E-state index in [1.54, 1.807) is 47.6 Å². The number of benzene rings is 2. The molecule has 0 aliphatic carbocycles. The van der Waals surface area contributed by atoms with Gasteiger partial charge in [0.05, 0.1) is 20.2 Å². The lowest BCUT2D eigenvalue weighted by atomic mass is 10.1. The molecule has 28 heavy (non-hydrogen) atoms. The Labute approximate surface area is 168 Å². The number of hydrogen-bond donors (Lipinski definition) is 1. The maximum Gasteiger partial charge on any atom is 0.254 e. The zero-order chi connectivity index (χ0) is 19.9. The molecule has 5 nitrogen and oxygen atoms in total. The van der Waals surface area contributed by atoms with Gasteiger partial charge >= 0.3 is 0 Å². The summed E-state index contributed by atoms with van der Waals surface area (Å²) in [6, 6.07) is 18.7. The predicted molar refractivity (Wildman–Crippen MR) is 112 cm³/mol. The molecule has 2 aromatic carbocycles. The molecule has 0 spiro atoms. The van der Waals surface area contributed by atoms with Crippen LogP contribution in [0.3, 0.4) is 0 Å². The third-order valence-electron chi connectivity index (χ3n) is 4.22. The van der Waals surface area contributed by atoms with Gasteiger partial charge < -0.3 is 15.0 Å². The van der Waals surface area contributed by atoms with Crippen LogP contribution in [0, 0.1) is 0 Å². The summed E-state index contributed by atoms with van der Waals surface area (Å²) in [5, 5.41) is 4.72. The number of carbonyl (C=O) groups excluding carboxylic acids is 2. The van der Waals surface area contributed by atoms with Crippen molar-refractivity contribution in [3.63, 3.8) is 0 Å². The molecule has 144 valence electrons. The molecule has 0 unspecified atom stereocenters. The topological polar surface area (TPSA) is 58.6 Å². The number of nitrogens with one attached hydrogen (secondary N) is 1. The van der Waals surface area contributed by atoms with Crippen LogP contribution in [0.5, 0.6) is 5.75 Å². The van der Waals surface area contributed by atoms with Crippen molar-refractivity contribution in [3.05, 3.63) is 82.0 Å². The molecule has 1 heterocycles. The predicted octanol–water partition coefficient (Wildman–Crippen LogP) is 4.56. The summed E-state index contributed by atoms with van der Waals surface area (Å²) in [6.45, 7) is 2.41. The van der Waals surface area contributed by atoms with Crippen LogP contribution in [-0.4, -0.2) is 23.8 Å². The van der Waals surface area contributed by atoms with Crippen molar-refractivity contribution in [2.45, 2.75) is 20.0 Å². The minimum atomic E-state index is -0.144. The van der Waals surface area contributed by atoms with Crippen molar-refractivity contribution in [2.75, 3.05) is 12.4 Å². The van der Waals surface area contributed by atoms with Crippen molar-refractivity contribution in [1.29, 1.82) is 0 Å². The van der Waals surface area contributed by atoms with Gasteiger partial charge in [0.1, 0.15) is 5.75 Å². The Morgan fingerprint density at radius 3 is 2.39 bits per heavy atom. The fourth-order valence-corrected chi connectivity index (χ4v) is 3.63. The Kier molecular flexibility index (Phi) is 6.45. The van der Waals surface area contributed by atoms with Crippen molar-refractivity contribution >= 4 is 28.8 Å². The molecule has 3 rings (SSSR count). The second kappa shape index (κ2) is 9.19. The number of amides is 2. The normalized spacial score (nSPS) is 10.4. The van der Waals surface area contributed by atoms with Gasteiger partial charge in [0.2, 0.25) is 5.91 Å². The standard InChI is InChI=1S/C22H22N2O3S/c1-16(25)23-19-11-9-17(10-12-19)22(26)24(15-20-7-5-13-28-20)14-18-6-3-4-8-21(18)27-2/h3-13H,14-15H2,1-2H3,(H,23,25). The minimum absolute atomic E-state index is 0.0753. The number of thiophene rings is 1. The lowest BCUT2D eigenvalue weighted by Crippen LogP contribution is -2.30. The van der Waals surface area contributed by atoms with Crippen LogP contribution in [0.15, 0.2) is 66.0 Å². The number of ether oxygens (including phenoxy) is 1. The molecule has 0 aliphatic rings. The number of methoxy groups -OCH3 is 1. The van der Waals surface area contributed by atoms with Crippen LogP contribution in [0.4, 0.5) is 5.69 Å². The summed E-state index contributed by atoms with van der Waals surface area (Å²) in [4.78, 5) is 27.3. The Hall–Kier alpha value is -3.12. The first-order chi connectivity index (χ1) is 13.6. The molecule has 6 heteroatoms. The molecule has 1 aromatic heterocycles. The van der Waals surface area contributed by atoms with Crippen LogP contribution in [0.1, 0.15) is 27.7 Å². The van der Waals surface area contributed by atoms with Crippen molar-refractivity contribution in [2.24, 2.45) is 0 Å². The number of rotatable bonds is 7. The van der Waals surface area contributed by atoms with E-state index in [4.69, 9.17) is 4.74 Å². The Morgan fingerprint density at radius 2 is 1.75 bits per heavy atom. The van der Waals surface area contributed by atoms with E-state index in [1.165, 1.54) is 6.92 Å². The van der Waals surface area contributed by atoms with Crippen LogP contribution < -0.4 is 10.1 Å². The van der Waals surface area contributed by atoms with E-state index in [0.717, 1.165) is 16.2 Å². The van der Waals surface area contributed by atoms with E-state index in [-0.39, 0.29) is 11.8 Å². The quantitative estimate of drug-likeness (QED) is 0.639. The third kappa shape index (κ3) is 4.98. The molecule has 2 amide bonds. The smallest absolute Gasteiger partial charge is 0.254 e. The van der Waals surface area contributed by atoms with Crippen molar-refractivity contribution in [3.8, 4) is 5.75 Å². The first kappa shape index (κ1) is 19.6. The highest BCUT2D eigenvalue weighted by atomic mass is 32.1. The van der Waals surface area contributed by atoms with E-state index >= 15 is 0 Å². The molecule has 0 aliphatic heterocycles. The minimum Gasteiger partial charge on any atom is -0.496 e. The van der Waals surface area contributed by atoms with Gasteiger partial charge in [-0.15, -0.1) is 11.3 Å². The summed E-state index contributed by atoms with van der Waals surface area (Å²) < 4.78 is 5.44. The van der Waals surface area contributed by atoms with Crippen molar-refractivity contribution in [1.82, 2.24) is 4.90 Å². The van der Waals surface area contributed by atoms with Crippen LogP contribution in [0.2, 0.25) is 0 Å². The SMILES string of the molecule is COc1ccccc1CN(Cc1cccs1)C(=O)c1ccc(NC(C)=O)cc1. The van der Waals surface area contributed by atoms with Gasteiger partial charge in [-0.3, -0.25) is 9.59 Å². The first-order valence-electron chi connectivity index (χ1n) is 8.88. The molecular formula is C22H22N2O3S. The maximum absolute atomic E-state index is 13.2. The largest absolute Gasteiger partial charge is 0.496 e. The fourth-order valence-electron chi connectivity index (χ4n) is 2.91. The van der Waals surface area contributed by atoms with E-state index in [1.807, 2.05) is 41.8 Å². The van der Waals surface area contributed by atoms with Crippen molar-refractivity contribution < 1.29 is 14.3 Å². The summed E-state index contributed by atoms with van der Waals surface area (Å²) >= 11 is 1.62. The number of anilines is 1. The fraction of sp³-hybridized carbons (Fsp3) is 0.182. The number of hydrogen-bond acceptors (Lipinski definition) is 4. The highest BCUT2D eigenvalue weighted by molar-refractivity contribution is 7.09. The molecule has 0 atom stereocenters. The Bertz CT molecular complexity index is 937. The van der Waals surface area contributed by atoms with Gasteiger partial charge in [0.15, 0.2) is 0 Å². The summed E-state index contributed by atoms with van der Waals surface area (Å²) in [6.07, 6.45) is 0. The number of carbonyl (C=O) groups is 2. The summed E-state index contributed by atoms with van der Waals surface area (Å²) in [7, 11) is 1.63. The molecule has 0 fully saturated rings. The maximum atomic E-state index is 13.2. The molecule has 1 N–H and O–H groups in total. The lowest BCUT2D eigenvalue weighted by Gasteiger charge is -2.23. The summed E-state index contributed by atoms with van der Waals surface area (Å²) in [5.41, 5.74) is 2.18. The van der Waals surface area contributed by atoms with Gasteiger partial charge in [0, 0.05) is 28.6 Å². The van der Waals surface area contributed by atoms with E-state index in [9.17, 15) is 9.59 Å². The van der Waals surface area contributed by atoms with E-state index < -0.39 is 0 Å². The van der Waals surface area contributed by atoms with Gasteiger partial charge in [-0.05, 0) is 41.8 Å². The molecule has 0 radical (unpaired) electrons. The molecule has 3 aromatic rings. The second-order valence-corrected chi connectivity index (χ2v) is 7.34. The highest BCUT2D eigenvalue weighted by Crippen LogP contribution is 2.23. The average molecular weight is 394 g/mol. The molecule has 0 bridgehead atoms. The summed E-state index contributed by atoms with van der Waals surface area (Å²) in [5.74, 6) is 0.538. The highest BCUT2D eigenvalue weighted by Gasteiger charge is 2.19.